The Balaban J connectivity index is 3.01. The average molecular weight is 394 g/mol. The molecular formula is C12H14BrClN4O4. The second-order valence-corrected chi connectivity index (χ2v) is 5.28. The highest BCUT2D eigenvalue weighted by atomic mass is 79.9. The Labute approximate surface area is 139 Å². The number of alkyl halides is 1. The highest BCUT2D eigenvalue weighted by Gasteiger charge is 2.22. The van der Waals surface area contributed by atoms with Gasteiger partial charge in [-0.1, -0.05) is 15.9 Å². The zero-order valence-electron chi connectivity index (χ0n) is 11.6. The molecule has 10 heteroatoms. The van der Waals surface area contributed by atoms with Gasteiger partial charge in [0.25, 0.3) is 11.6 Å². The molecule has 0 aliphatic rings. The third-order valence-electron chi connectivity index (χ3n) is 2.62. The van der Waals surface area contributed by atoms with Crippen LogP contribution in [0.5, 0.6) is 0 Å². The summed E-state index contributed by atoms with van der Waals surface area (Å²) < 4.78 is 0.416. The minimum atomic E-state index is -0.586. The van der Waals surface area contributed by atoms with E-state index in [1.54, 1.807) is 0 Å². The van der Waals surface area contributed by atoms with Crippen LogP contribution in [0.1, 0.15) is 10.4 Å². The maximum atomic E-state index is 11.9. The molecule has 1 rings (SSSR count). The lowest BCUT2D eigenvalue weighted by atomic mass is 10.1. The number of nitrogens with zero attached hydrogens (tertiary/aromatic N) is 1. The molecule has 8 nitrogen and oxygen atoms in total. The minimum absolute atomic E-state index is 0.0904. The summed E-state index contributed by atoms with van der Waals surface area (Å²) in [6, 6.07) is 2.78. The highest BCUT2D eigenvalue weighted by molar-refractivity contribution is 9.10. The molecule has 0 heterocycles. The molecule has 0 saturated heterocycles. The van der Waals surface area contributed by atoms with E-state index in [9.17, 15) is 19.7 Å². The number of carbonyl (C=O) groups excluding carboxylic acids is 2. The van der Waals surface area contributed by atoms with Crippen LogP contribution in [0.15, 0.2) is 16.6 Å². The molecule has 22 heavy (non-hydrogen) atoms. The standard InChI is InChI=1S/C12H14BrClN4O4/c1-15-12(20)8-4-7(13)5-9(18(21)22)11(8)17-3-2-16-10(19)6-14/h4-5,17H,2-3,6H2,1H3,(H,15,20)(H,16,19). The minimum Gasteiger partial charge on any atom is -0.377 e. The van der Waals surface area contributed by atoms with Crippen molar-refractivity contribution in [2.45, 2.75) is 0 Å². The Kier molecular flexibility index (Phi) is 7.06. The summed E-state index contributed by atoms with van der Waals surface area (Å²) in [4.78, 5) is 33.4. The molecule has 2 amide bonds. The molecule has 0 spiro atoms. The molecule has 0 bridgehead atoms. The van der Waals surface area contributed by atoms with Crippen LogP contribution in [0, 0.1) is 10.1 Å². The Hall–Kier alpha value is -1.87. The molecular weight excluding hydrogens is 380 g/mol. The fourth-order valence-corrected chi connectivity index (χ4v) is 2.21. The Morgan fingerprint density at radius 2 is 2.05 bits per heavy atom. The van der Waals surface area contributed by atoms with Gasteiger partial charge in [-0.15, -0.1) is 11.6 Å². The molecule has 120 valence electrons. The van der Waals surface area contributed by atoms with Crippen molar-refractivity contribution in [3.8, 4) is 0 Å². The van der Waals surface area contributed by atoms with Gasteiger partial charge in [0.05, 0.1) is 10.5 Å². The third-order valence-corrected chi connectivity index (χ3v) is 3.32. The lowest BCUT2D eigenvalue weighted by Gasteiger charge is -2.12. The third kappa shape index (κ3) is 4.85. The summed E-state index contributed by atoms with van der Waals surface area (Å²) in [5, 5.41) is 18.9. The van der Waals surface area contributed by atoms with Gasteiger partial charge in [-0.2, -0.15) is 0 Å². The molecule has 0 aromatic heterocycles. The second kappa shape index (κ2) is 8.54. The molecule has 0 saturated carbocycles. The number of halogens is 2. The topological polar surface area (TPSA) is 113 Å². The van der Waals surface area contributed by atoms with Gasteiger partial charge in [0.15, 0.2) is 0 Å². The van der Waals surface area contributed by atoms with E-state index in [1.165, 1.54) is 19.2 Å². The first kappa shape index (κ1) is 18.2. The smallest absolute Gasteiger partial charge is 0.294 e. The van der Waals surface area contributed by atoms with E-state index < -0.39 is 10.8 Å². The van der Waals surface area contributed by atoms with Crippen LogP contribution < -0.4 is 16.0 Å². The molecule has 0 aliphatic carbocycles. The molecule has 0 aliphatic heterocycles. The van der Waals surface area contributed by atoms with Crippen LogP contribution in [0.2, 0.25) is 0 Å². The Bertz CT molecular complexity index is 597. The average Bonchev–Trinajstić information content (AvgIpc) is 2.50. The second-order valence-electron chi connectivity index (χ2n) is 4.09. The summed E-state index contributed by atoms with van der Waals surface area (Å²) >= 11 is 8.48. The predicted molar refractivity (Wildman–Crippen MR) is 86.4 cm³/mol. The lowest BCUT2D eigenvalue weighted by Crippen LogP contribution is -2.30. The van der Waals surface area contributed by atoms with Gasteiger partial charge in [0.2, 0.25) is 5.91 Å². The van der Waals surface area contributed by atoms with Crippen LogP contribution in [0.25, 0.3) is 0 Å². The van der Waals surface area contributed by atoms with Crippen molar-refractivity contribution < 1.29 is 14.5 Å². The molecule has 0 fully saturated rings. The number of hydrogen-bond donors (Lipinski definition) is 3. The van der Waals surface area contributed by atoms with Gasteiger partial charge in [0, 0.05) is 30.7 Å². The van der Waals surface area contributed by atoms with E-state index in [-0.39, 0.29) is 41.8 Å². The fraction of sp³-hybridized carbons (Fsp3) is 0.333. The summed E-state index contributed by atoms with van der Waals surface area (Å²) in [6.45, 7) is 0.418. The molecule has 1 aromatic rings. The van der Waals surface area contributed by atoms with E-state index in [0.717, 1.165) is 0 Å². The van der Waals surface area contributed by atoms with Crippen molar-refractivity contribution >= 4 is 50.7 Å². The molecule has 0 unspecified atom stereocenters. The maximum Gasteiger partial charge on any atom is 0.294 e. The SMILES string of the molecule is CNC(=O)c1cc(Br)cc([N+](=O)[O-])c1NCCNC(=O)CCl. The predicted octanol–water partition coefficient (Wildman–Crippen LogP) is 1.48. The van der Waals surface area contributed by atoms with E-state index >= 15 is 0 Å². The number of anilines is 1. The quantitative estimate of drug-likeness (QED) is 0.281. The van der Waals surface area contributed by atoms with Crippen molar-refractivity contribution in [1.82, 2.24) is 10.6 Å². The van der Waals surface area contributed by atoms with E-state index in [2.05, 4.69) is 31.9 Å². The van der Waals surface area contributed by atoms with Gasteiger partial charge in [0.1, 0.15) is 11.6 Å². The van der Waals surface area contributed by atoms with Crippen LogP contribution in [-0.2, 0) is 4.79 Å². The first-order valence-electron chi connectivity index (χ1n) is 6.17. The summed E-state index contributed by atoms with van der Waals surface area (Å²) in [5.74, 6) is -0.973. The summed E-state index contributed by atoms with van der Waals surface area (Å²) in [7, 11) is 1.43. The zero-order chi connectivity index (χ0) is 16.7. The maximum absolute atomic E-state index is 11.9. The number of nitrogens with one attached hydrogen (secondary N) is 3. The van der Waals surface area contributed by atoms with Crippen LogP contribution in [0.3, 0.4) is 0 Å². The lowest BCUT2D eigenvalue weighted by molar-refractivity contribution is -0.384. The molecule has 0 atom stereocenters. The van der Waals surface area contributed by atoms with Gasteiger partial charge in [-0.05, 0) is 6.07 Å². The van der Waals surface area contributed by atoms with Gasteiger partial charge >= 0.3 is 0 Å². The van der Waals surface area contributed by atoms with Crippen LogP contribution in [-0.4, -0.2) is 42.8 Å². The summed E-state index contributed by atoms with van der Waals surface area (Å²) in [5.41, 5.74) is -0.0171. The normalized spacial score (nSPS) is 9.95. The Morgan fingerprint density at radius 3 is 2.59 bits per heavy atom. The first-order chi connectivity index (χ1) is 10.4. The fourth-order valence-electron chi connectivity index (χ4n) is 1.67. The van der Waals surface area contributed by atoms with E-state index in [4.69, 9.17) is 11.6 Å². The number of carbonyl (C=O) groups is 2. The number of benzene rings is 1. The van der Waals surface area contributed by atoms with Crippen molar-refractivity contribution in [1.29, 1.82) is 0 Å². The van der Waals surface area contributed by atoms with Crippen molar-refractivity contribution in [3.05, 3.63) is 32.3 Å². The van der Waals surface area contributed by atoms with Crippen LogP contribution >= 0.6 is 27.5 Å². The van der Waals surface area contributed by atoms with Crippen molar-refractivity contribution in [2.75, 3.05) is 31.3 Å². The monoisotopic (exact) mass is 392 g/mol. The van der Waals surface area contributed by atoms with Gasteiger partial charge in [-0.3, -0.25) is 19.7 Å². The van der Waals surface area contributed by atoms with E-state index in [1.807, 2.05) is 0 Å². The van der Waals surface area contributed by atoms with Gasteiger partial charge < -0.3 is 16.0 Å². The summed E-state index contributed by atoms with van der Waals surface area (Å²) in [6.07, 6.45) is 0. The highest BCUT2D eigenvalue weighted by Crippen LogP contribution is 2.32. The largest absolute Gasteiger partial charge is 0.377 e. The number of amides is 2. The number of rotatable bonds is 7. The number of nitro benzene ring substituents is 1. The molecule has 0 radical (unpaired) electrons. The number of hydrogen-bond acceptors (Lipinski definition) is 5. The van der Waals surface area contributed by atoms with Crippen molar-refractivity contribution in [2.24, 2.45) is 0 Å². The molecule has 1 aromatic carbocycles. The van der Waals surface area contributed by atoms with E-state index in [0.29, 0.717) is 4.47 Å². The van der Waals surface area contributed by atoms with Gasteiger partial charge in [-0.25, -0.2) is 0 Å². The first-order valence-corrected chi connectivity index (χ1v) is 7.50. The molecule has 3 N–H and O–H groups in total. The Morgan fingerprint density at radius 1 is 1.36 bits per heavy atom. The number of nitro groups is 1. The zero-order valence-corrected chi connectivity index (χ0v) is 14.0. The van der Waals surface area contributed by atoms with Crippen molar-refractivity contribution in [3.63, 3.8) is 0 Å². The van der Waals surface area contributed by atoms with Crippen LogP contribution in [0.4, 0.5) is 11.4 Å².